The molecule has 0 saturated heterocycles. The second kappa shape index (κ2) is 6.73. The van der Waals surface area contributed by atoms with Crippen LogP contribution >= 0.6 is 22.7 Å². The topological polar surface area (TPSA) is 63.4 Å². The Hall–Kier alpha value is -2.58. The minimum atomic E-state index is -0.188. The van der Waals surface area contributed by atoms with Gasteiger partial charge in [0.25, 0.3) is 11.7 Å². The average molecular weight is 369 g/mol. The maximum Gasteiger partial charge on any atom is 0.294 e. The van der Waals surface area contributed by atoms with Crippen molar-refractivity contribution in [3.05, 3.63) is 68.6 Å². The number of hydrogen-bond donors (Lipinski definition) is 0. The molecule has 4 rings (SSSR count). The van der Waals surface area contributed by atoms with Crippen molar-refractivity contribution in [2.75, 3.05) is 0 Å². The van der Waals surface area contributed by atoms with E-state index in [0.29, 0.717) is 18.9 Å². The van der Waals surface area contributed by atoms with Gasteiger partial charge in [0.15, 0.2) is 0 Å². The van der Waals surface area contributed by atoms with Crippen LogP contribution < -0.4 is 0 Å². The fourth-order valence-corrected chi connectivity index (χ4v) is 3.96. The van der Waals surface area contributed by atoms with E-state index in [1.807, 2.05) is 48.0 Å². The smallest absolute Gasteiger partial charge is 0.294 e. The molecule has 0 aliphatic heterocycles. The van der Waals surface area contributed by atoms with Gasteiger partial charge in [0, 0.05) is 21.6 Å². The molecule has 0 fully saturated rings. The summed E-state index contributed by atoms with van der Waals surface area (Å²) >= 11 is 3.27. The van der Waals surface area contributed by atoms with Crippen LogP contribution in [0.2, 0.25) is 0 Å². The molecule has 0 aliphatic rings. The van der Waals surface area contributed by atoms with Crippen molar-refractivity contribution in [2.24, 2.45) is 0 Å². The molecule has 4 heterocycles. The largest absolute Gasteiger partial charge is 0.326 e. The van der Waals surface area contributed by atoms with Crippen molar-refractivity contribution in [3.8, 4) is 0 Å². The maximum atomic E-state index is 13.0. The molecule has 4 aromatic rings. The SMILES string of the molecule is Cc1ccnc2nc(C(=O)N(Cc3cccs3)Cc3cccs3)nn12. The van der Waals surface area contributed by atoms with Gasteiger partial charge < -0.3 is 4.90 Å². The van der Waals surface area contributed by atoms with Crippen LogP contribution in [0.1, 0.15) is 26.1 Å². The first-order valence-electron chi connectivity index (χ1n) is 7.73. The molecule has 25 heavy (non-hydrogen) atoms. The van der Waals surface area contributed by atoms with Gasteiger partial charge in [-0.15, -0.1) is 27.8 Å². The highest BCUT2D eigenvalue weighted by Gasteiger charge is 2.22. The van der Waals surface area contributed by atoms with E-state index >= 15 is 0 Å². The van der Waals surface area contributed by atoms with Crippen LogP contribution in [0.25, 0.3) is 5.78 Å². The van der Waals surface area contributed by atoms with Crippen molar-refractivity contribution in [2.45, 2.75) is 20.0 Å². The van der Waals surface area contributed by atoms with Gasteiger partial charge in [-0.3, -0.25) is 4.79 Å². The van der Waals surface area contributed by atoms with Gasteiger partial charge in [0.1, 0.15) is 0 Å². The lowest BCUT2D eigenvalue weighted by molar-refractivity contribution is 0.0721. The number of carbonyl (C=O) groups is 1. The Kier molecular flexibility index (Phi) is 4.29. The number of aromatic nitrogens is 4. The van der Waals surface area contributed by atoms with Gasteiger partial charge in [-0.05, 0) is 35.9 Å². The zero-order chi connectivity index (χ0) is 17.2. The summed E-state index contributed by atoms with van der Waals surface area (Å²) in [6.45, 7) is 2.99. The molecule has 0 aromatic carbocycles. The highest BCUT2D eigenvalue weighted by atomic mass is 32.1. The van der Waals surface area contributed by atoms with Crippen LogP contribution in [-0.2, 0) is 13.1 Å². The molecule has 0 bridgehead atoms. The number of fused-ring (bicyclic) bond motifs is 1. The van der Waals surface area contributed by atoms with Gasteiger partial charge in [-0.25, -0.2) is 9.50 Å². The van der Waals surface area contributed by atoms with Gasteiger partial charge in [0.05, 0.1) is 13.1 Å². The van der Waals surface area contributed by atoms with Crippen molar-refractivity contribution >= 4 is 34.4 Å². The van der Waals surface area contributed by atoms with Crippen LogP contribution in [0, 0.1) is 6.92 Å². The Balaban J connectivity index is 1.66. The lowest BCUT2D eigenvalue weighted by Gasteiger charge is -2.19. The number of carbonyl (C=O) groups excluding carboxylic acids is 1. The summed E-state index contributed by atoms with van der Waals surface area (Å²) in [6, 6.07) is 9.88. The minimum absolute atomic E-state index is 0.176. The number of aryl methyl sites for hydroxylation is 1. The highest BCUT2D eigenvalue weighted by Crippen LogP contribution is 2.19. The molecule has 6 nitrogen and oxygen atoms in total. The number of thiophene rings is 2. The van der Waals surface area contributed by atoms with E-state index in [0.717, 1.165) is 15.4 Å². The van der Waals surface area contributed by atoms with Crippen molar-refractivity contribution in [3.63, 3.8) is 0 Å². The summed E-state index contributed by atoms with van der Waals surface area (Å²) in [5, 5.41) is 8.38. The third-order valence-electron chi connectivity index (χ3n) is 3.76. The maximum absolute atomic E-state index is 13.0. The minimum Gasteiger partial charge on any atom is -0.326 e. The van der Waals surface area contributed by atoms with Gasteiger partial charge in [0.2, 0.25) is 5.82 Å². The van der Waals surface area contributed by atoms with E-state index in [2.05, 4.69) is 15.1 Å². The fraction of sp³-hybridized carbons (Fsp3) is 0.176. The number of rotatable bonds is 5. The molecule has 4 aromatic heterocycles. The van der Waals surface area contributed by atoms with E-state index in [4.69, 9.17) is 0 Å². The summed E-state index contributed by atoms with van der Waals surface area (Å²) in [5.41, 5.74) is 0.889. The van der Waals surface area contributed by atoms with Crippen LogP contribution in [-0.4, -0.2) is 30.4 Å². The van der Waals surface area contributed by atoms with Crippen LogP contribution in [0.3, 0.4) is 0 Å². The fourth-order valence-electron chi connectivity index (χ4n) is 2.52. The third-order valence-corrected chi connectivity index (χ3v) is 5.48. The van der Waals surface area contributed by atoms with Gasteiger partial charge in [-0.1, -0.05) is 12.1 Å². The zero-order valence-corrected chi connectivity index (χ0v) is 15.1. The van der Waals surface area contributed by atoms with Crippen LogP contribution in [0.5, 0.6) is 0 Å². The summed E-state index contributed by atoms with van der Waals surface area (Å²) < 4.78 is 1.60. The second-order valence-corrected chi connectivity index (χ2v) is 7.62. The number of amides is 1. The summed E-state index contributed by atoms with van der Waals surface area (Å²) in [5.74, 6) is 0.428. The molecular weight excluding hydrogens is 354 g/mol. The molecule has 0 atom stereocenters. The molecule has 0 N–H and O–H groups in total. The van der Waals surface area contributed by atoms with Gasteiger partial charge >= 0.3 is 0 Å². The molecular formula is C17H15N5OS2. The Morgan fingerprint density at radius 2 is 1.80 bits per heavy atom. The quantitative estimate of drug-likeness (QED) is 0.541. The first kappa shape index (κ1) is 15.9. The van der Waals surface area contributed by atoms with E-state index in [9.17, 15) is 4.79 Å². The molecule has 0 unspecified atom stereocenters. The Labute approximate surface area is 152 Å². The molecule has 1 amide bonds. The molecule has 8 heteroatoms. The first-order chi connectivity index (χ1) is 12.2. The molecule has 0 radical (unpaired) electrons. The number of nitrogens with zero attached hydrogens (tertiary/aromatic N) is 5. The van der Waals surface area contributed by atoms with Crippen molar-refractivity contribution in [1.82, 2.24) is 24.5 Å². The summed E-state index contributed by atoms with van der Waals surface area (Å²) in [6.07, 6.45) is 1.67. The first-order valence-corrected chi connectivity index (χ1v) is 9.49. The van der Waals surface area contributed by atoms with E-state index in [1.165, 1.54) is 0 Å². The Morgan fingerprint density at radius 3 is 2.36 bits per heavy atom. The van der Waals surface area contributed by atoms with Gasteiger partial charge in [-0.2, -0.15) is 4.98 Å². The normalized spacial score (nSPS) is 11.1. The zero-order valence-electron chi connectivity index (χ0n) is 13.5. The average Bonchev–Trinajstić information content (AvgIpc) is 3.35. The third kappa shape index (κ3) is 3.31. The van der Waals surface area contributed by atoms with Crippen molar-refractivity contribution < 1.29 is 4.79 Å². The van der Waals surface area contributed by atoms with Crippen molar-refractivity contribution in [1.29, 1.82) is 0 Å². The second-order valence-electron chi connectivity index (χ2n) is 5.55. The monoisotopic (exact) mass is 369 g/mol. The molecule has 0 aliphatic carbocycles. The predicted octanol–water partition coefficient (Wildman–Crippen LogP) is 3.40. The summed E-state index contributed by atoms with van der Waals surface area (Å²) in [7, 11) is 0. The Morgan fingerprint density at radius 1 is 1.12 bits per heavy atom. The molecule has 126 valence electrons. The van der Waals surface area contributed by atoms with Crippen LogP contribution in [0.15, 0.2) is 47.3 Å². The number of hydrogen-bond acceptors (Lipinski definition) is 6. The molecule has 0 spiro atoms. The lowest BCUT2D eigenvalue weighted by atomic mass is 10.3. The highest BCUT2D eigenvalue weighted by molar-refractivity contribution is 7.10. The summed E-state index contributed by atoms with van der Waals surface area (Å²) in [4.78, 5) is 25.6. The van der Waals surface area contributed by atoms with E-state index < -0.39 is 0 Å². The Bertz CT molecular complexity index is 955. The predicted molar refractivity (Wildman–Crippen MR) is 97.7 cm³/mol. The molecule has 0 saturated carbocycles. The lowest BCUT2D eigenvalue weighted by Crippen LogP contribution is -2.30. The van der Waals surface area contributed by atoms with E-state index in [1.54, 1.807) is 38.3 Å². The van der Waals surface area contributed by atoms with E-state index in [-0.39, 0.29) is 11.7 Å². The standard InChI is InChI=1S/C17H15N5OS2/c1-12-6-7-18-17-19-15(20-22(12)17)16(23)21(10-13-4-2-8-24-13)11-14-5-3-9-25-14/h2-9H,10-11H2,1H3. The van der Waals surface area contributed by atoms with Crippen LogP contribution in [0.4, 0.5) is 0 Å².